The third-order valence-electron chi connectivity index (χ3n) is 4.58. The van der Waals surface area contributed by atoms with E-state index in [2.05, 4.69) is 10.6 Å². The first kappa shape index (κ1) is 25.0. The SMILES string of the molecule is CCC(NC(=O)C(C[C@H](C)CO)N(C)C(=O)C(NC)C(C)C)C(=O)C(N)=O. The van der Waals surface area contributed by atoms with Crippen LogP contribution < -0.4 is 16.4 Å². The number of aliphatic hydroxyl groups excluding tert-OH is 1. The molecular weight excluding hydrogens is 352 g/mol. The lowest BCUT2D eigenvalue weighted by Crippen LogP contribution is -2.57. The molecule has 0 spiro atoms. The van der Waals surface area contributed by atoms with Crippen molar-refractivity contribution >= 4 is 23.5 Å². The summed E-state index contributed by atoms with van der Waals surface area (Å²) in [5.74, 6) is -3.08. The third-order valence-corrected chi connectivity index (χ3v) is 4.58. The van der Waals surface area contributed by atoms with E-state index in [-0.39, 0.29) is 37.2 Å². The van der Waals surface area contributed by atoms with Gasteiger partial charge in [-0.05, 0) is 31.7 Å². The van der Waals surface area contributed by atoms with E-state index in [1.165, 1.54) is 11.9 Å². The molecule has 5 N–H and O–H groups in total. The standard InChI is InChI=1S/C18H34N4O5/c1-7-12(15(24)16(19)25)21-17(26)13(8-11(4)9-23)22(6)18(27)14(20-5)10(2)3/h10-14,20,23H,7-9H2,1-6H3,(H2,19,25)(H,21,26)/t11-,12?,13?,14?/m0/s1. The van der Waals surface area contributed by atoms with Crippen LogP contribution in [0.5, 0.6) is 0 Å². The molecule has 0 heterocycles. The second kappa shape index (κ2) is 11.7. The van der Waals surface area contributed by atoms with Crippen molar-refractivity contribution in [2.24, 2.45) is 17.6 Å². The van der Waals surface area contributed by atoms with Crippen LogP contribution in [0, 0.1) is 11.8 Å². The Kier molecular flexibility index (Phi) is 10.8. The van der Waals surface area contributed by atoms with E-state index in [4.69, 9.17) is 5.73 Å². The molecule has 9 heteroatoms. The number of nitrogens with zero attached hydrogens (tertiary/aromatic N) is 1. The summed E-state index contributed by atoms with van der Waals surface area (Å²) in [5.41, 5.74) is 5.02. The van der Waals surface area contributed by atoms with E-state index in [0.717, 1.165) is 0 Å². The Balaban J connectivity index is 5.55. The van der Waals surface area contributed by atoms with Gasteiger partial charge in [0.25, 0.3) is 5.91 Å². The van der Waals surface area contributed by atoms with Crippen molar-refractivity contribution in [3.8, 4) is 0 Å². The monoisotopic (exact) mass is 386 g/mol. The van der Waals surface area contributed by atoms with Gasteiger partial charge in [-0.1, -0.05) is 27.7 Å². The fourth-order valence-electron chi connectivity index (χ4n) is 2.80. The van der Waals surface area contributed by atoms with Gasteiger partial charge in [-0.25, -0.2) is 0 Å². The lowest BCUT2D eigenvalue weighted by atomic mass is 9.97. The van der Waals surface area contributed by atoms with Gasteiger partial charge < -0.3 is 26.4 Å². The molecule has 0 aliphatic rings. The van der Waals surface area contributed by atoms with Crippen LogP contribution in [0.1, 0.15) is 40.5 Å². The lowest BCUT2D eigenvalue weighted by molar-refractivity contribution is -0.143. The Morgan fingerprint density at radius 3 is 2.07 bits per heavy atom. The van der Waals surface area contributed by atoms with Crippen LogP contribution in [0.2, 0.25) is 0 Å². The molecule has 0 bridgehead atoms. The van der Waals surface area contributed by atoms with E-state index in [1.807, 2.05) is 13.8 Å². The minimum atomic E-state index is -1.12. The summed E-state index contributed by atoms with van der Waals surface area (Å²) in [6.45, 7) is 7.01. The summed E-state index contributed by atoms with van der Waals surface area (Å²) in [6, 6.07) is -2.43. The van der Waals surface area contributed by atoms with Crippen molar-refractivity contribution in [2.45, 2.75) is 58.7 Å². The zero-order valence-electron chi connectivity index (χ0n) is 17.1. The Hall–Kier alpha value is -2.00. The van der Waals surface area contributed by atoms with E-state index < -0.39 is 35.7 Å². The molecule has 0 aromatic carbocycles. The van der Waals surface area contributed by atoms with Crippen molar-refractivity contribution in [3.05, 3.63) is 0 Å². The maximum Gasteiger partial charge on any atom is 0.287 e. The fraction of sp³-hybridized carbons (Fsp3) is 0.778. The number of ketones is 1. The molecule has 0 saturated carbocycles. The first-order chi connectivity index (χ1) is 12.5. The highest BCUT2D eigenvalue weighted by Crippen LogP contribution is 2.15. The molecule has 0 aromatic rings. The molecule has 0 rings (SSSR count). The maximum absolute atomic E-state index is 12.8. The van der Waals surface area contributed by atoms with Crippen molar-refractivity contribution in [1.29, 1.82) is 0 Å². The van der Waals surface area contributed by atoms with Gasteiger partial charge in [0.05, 0.1) is 12.1 Å². The first-order valence-corrected chi connectivity index (χ1v) is 9.20. The van der Waals surface area contributed by atoms with Gasteiger partial charge >= 0.3 is 0 Å². The molecule has 27 heavy (non-hydrogen) atoms. The Bertz CT molecular complexity index is 538. The highest BCUT2D eigenvalue weighted by molar-refractivity contribution is 6.37. The predicted molar refractivity (Wildman–Crippen MR) is 102 cm³/mol. The summed E-state index contributed by atoms with van der Waals surface area (Å²) in [6.07, 6.45) is 0.402. The van der Waals surface area contributed by atoms with E-state index >= 15 is 0 Å². The smallest absolute Gasteiger partial charge is 0.287 e. The average molecular weight is 386 g/mol. The predicted octanol–water partition coefficient (Wildman–Crippen LogP) is -0.975. The average Bonchev–Trinajstić information content (AvgIpc) is 2.62. The molecule has 4 atom stereocenters. The molecule has 0 radical (unpaired) electrons. The van der Waals surface area contributed by atoms with Crippen molar-refractivity contribution < 1.29 is 24.3 Å². The number of hydrogen-bond acceptors (Lipinski definition) is 6. The summed E-state index contributed by atoms with van der Waals surface area (Å²) >= 11 is 0. The molecular formula is C18H34N4O5. The van der Waals surface area contributed by atoms with Gasteiger partial charge in [-0.15, -0.1) is 0 Å². The fourth-order valence-corrected chi connectivity index (χ4v) is 2.80. The van der Waals surface area contributed by atoms with Crippen LogP contribution >= 0.6 is 0 Å². The summed E-state index contributed by atoms with van der Waals surface area (Å²) in [7, 11) is 3.18. The number of primary amides is 1. The minimum Gasteiger partial charge on any atom is -0.396 e. The number of nitrogens with one attached hydrogen (secondary N) is 2. The quantitative estimate of drug-likeness (QED) is 0.318. The van der Waals surface area contributed by atoms with Gasteiger partial charge in [-0.3, -0.25) is 19.2 Å². The van der Waals surface area contributed by atoms with Gasteiger partial charge in [0.1, 0.15) is 6.04 Å². The number of carbonyl (C=O) groups excluding carboxylic acids is 4. The number of hydrogen-bond donors (Lipinski definition) is 4. The second-order valence-electron chi connectivity index (χ2n) is 7.20. The van der Waals surface area contributed by atoms with Crippen LogP contribution in [0.15, 0.2) is 0 Å². The molecule has 0 aliphatic carbocycles. The summed E-state index contributed by atoms with van der Waals surface area (Å²) in [5, 5.41) is 14.8. The van der Waals surface area contributed by atoms with Crippen LogP contribution in [0.4, 0.5) is 0 Å². The second-order valence-corrected chi connectivity index (χ2v) is 7.20. The minimum absolute atomic E-state index is 0.00348. The molecule has 0 aromatic heterocycles. The third kappa shape index (κ3) is 7.26. The zero-order chi connectivity index (χ0) is 21.3. The summed E-state index contributed by atoms with van der Waals surface area (Å²) < 4.78 is 0. The van der Waals surface area contributed by atoms with Crippen molar-refractivity contribution in [3.63, 3.8) is 0 Å². The van der Waals surface area contributed by atoms with E-state index in [1.54, 1.807) is 20.9 Å². The molecule has 0 fully saturated rings. The van der Waals surface area contributed by atoms with Crippen LogP contribution in [-0.4, -0.2) is 72.3 Å². The van der Waals surface area contributed by atoms with Crippen molar-refractivity contribution in [1.82, 2.24) is 15.5 Å². The highest BCUT2D eigenvalue weighted by Gasteiger charge is 2.34. The number of Topliss-reactive ketones (excluding diaryl/α,β-unsaturated/α-hetero) is 1. The Morgan fingerprint density at radius 2 is 1.70 bits per heavy atom. The highest BCUT2D eigenvalue weighted by atomic mass is 16.3. The van der Waals surface area contributed by atoms with Gasteiger partial charge in [0.2, 0.25) is 17.6 Å². The number of nitrogens with two attached hydrogens (primary N) is 1. The Morgan fingerprint density at radius 1 is 1.15 bits per heavy atom. The molecule has 3 amide bonds. The van der Waals surface area contributed by atoms with Crippen molar-refractivity contribution in [2.75, 3.05) is 20.7 Å². The number of amides is 3. The topological polar surface area (TPSA) is 142 Å². The van der Waals surface area contributed by atoms with Crippen LogP contribution in [-0.2, 0) is 19.2 Å². The number of rotatable bonds is 12. The lowest BCUT2D eigenvalue weighted by Gasteiger charge is -2.33. The zero-order valence-corrected chi connectivity index (χ0v) is 17.1. The van der Waals surface area contributed by atoms with E-state index in [9.17, 15) is 24.3 Å². The first-order valence-electron chi connectivity index (χ1n) is 9.20. The molecule has 0 saturated heterocycles. The maximum atomic E-state index is 12.8. The Labute approximate surface area is 161 Å². The van der Waals surface area contributed by atoms with Gasteiger partial charge in [0.15, 0.2) is 0 Å². The summed E-state index contributed by atoms with van der Waals surface area (Å²) in [4.78, 5) is 49.9. The molecule has 3 unspecified atom stereocenters. The van der Waals surface area contributed by atoms with E-state index in [0.29, 0.717) is 0 Å². The largest absolute Gasteiger partial charge is 0.396 e. The van der Waals surface area contributed by atoms with Gasteiger partial charge in [-0.2, -0.15) is 0 Å². The normalized spacial score (nSPS) is 15.6. The molecule has 9 nitrogen and oxygen atoms in total. The number of carbonyl (C=O) groups is 4. The molecule has 0 aliphatic heterocycles. The number of aliphatic hydroxyl groups is 1. The van der Waals surface area contributed by atoms with Crippen LogP contribution in [0.25, 0.3) is 0 Å². The molecule has 156 valence electrons. The van der Waals surface area contributed by atoms with Crippen LogP contribution in [0.3, 0.4) is 0 Å². The van der Waals surface area contributed by atoms with Gasteiger partial charge in [0, 0.05) is 13.7 Å². The number of likely N-dealkylation sites (N-methyl/N-ethyl adjacent to an activating group) is 2.